The van der Waals surface area contributed by atoms with Crippen LogP contribution in [-0.4, -0.2) is 29.9 Å². The number of nitrogens with one attached hydrogen (secondary N) is 1. The number of anilines is 1. The van der Waals surface area contributed by atoms with E-state index in [0.29, 0.717) is 17.6 Å². The van der Waals surface area contributed by atoms with E-state index in [0.717, 1.165) is 4.68 Å². The fourth-order valence-electron chi connectivity index (χ4n) is 1.92. The topological polar surface area (TPSA) is 65.4 Å². The van der Waals surface area contributed by atoms with E-state index in [1.165, 1.54) is 27.3 Å². The molecular weight excluding hydrogens is 315 g/mol. The zero-order chi connectivity index (χ0) is 17.2. The number of hydrogen-bond donors (Lipinski definition) is 1. The van der Waals surface area contributed by atoms with Crippen molar-refractivity contribution < 1.29 is 27.4 Å². The van der Waals surface area contributed by atoms with Crippen LogP contribution < -0.4 is 14.8 Å². The Balaban J connectivity index is 2.31. The van der Waals surface area contributed by atoms with Gasteiger partial charge in [0.25, 0.3) is 5.91 Å². The van der Waals surface area contributed by atoms with Crippen molar-refractivity contribution in [3.63, 3.8) is 0 Å². The third kappa shape index (κ3) is 3.55. The first-order chi connectivity index (χ1) is 10.8. The number of amides is 1. The van der Waals surface area contributed by atoms with Crippen LogP contribution >= 0.6 is 0 Å². The summed E-state index contributed by atoms with van der Waals surface area (Å²) in [5, 5.41) is 5.78. The maximum Gasteiger partial charge on any atom is 0.435 e. The summed E-state index contributed by atoms with van der Waals surface area (Å²) in [5.74, 6) is 0.0569. The first-order valence-corrected chi connectivity index (χ1v) is 6.41. The molecule has 1 amide bonds. The van der Waals surface area contributed by atoms with E-state index in [4.69, 9.17) is 9.47 Å². The molecule has 0 aliphatic rings. The molecule has 0 bridgehead atoms. The van der Waals surface area contributed by atoms with Crippen LogP contribution in [0, 0.1) is 0 Å². The van der Waals surface area contributed by atoms with Crippen molar-refractivity contribution in [2.75, 3.05) is 19.5 Å². The molecule has 1 aromatic carbocycles. The molecule has 6 nitrogen and oxygen atoms in total. The molecule has 0 saturated heterocycles. The van der Waals surface area contributed by atoms with E-state index in [9.17, 15) is 18.0 Å². The zero-order valence-electron chi connectivity index (χ0n) is 12.6. The molecule has 0 aliphatic carbocycles. The lowest BCUT2D eigenvalue weighted by atomic mass is 10.2. The van der Waals surface area contributed by atoms with E-state index in [-0.39, 0.29) is 11.4 Å². The van der Waals surface area contributed by atoms with Gasteiger partial charge in [0.15, 0.2) is 5.69 Å². The molecule has 0 radical (unpaired) electrons. The molecule has 1 N–H and O–H groups in total. The Morgan fingerprint density at radius 2 is 1.91 bits per heavy atom. The first kappa shape index (κ1) is 16.7. The third-order valence-electron chi connectivity index (χ3n) is 3.06. The van der Waals surface area contributed by atoms with Crippen molar-refractivity contribution in [1.29, 1.82) is 0 Å². The van der Waals surface area contributed by atoms with Gasteiger partial charge in [-0.05, 0) is 12.1 Å². The second-order valence-electron chi connectivity index (χ2n) is 4.56. The van der Waals surface area contributed by atoms with Crippen LogP contribution in [-0.2, 0) is 13.2 Å². The second-order valence-corrected chi connectivity index (χ2v) is 4.56. The number of benzene rings is 1. The van der Waals surface area contributed by atoms with Crippen LogP contribution in [0.3, 0.4) is 0 Å². The van der Waals surface area contributed by atoms with Gasteiger partial charge in [0.1, 0.15) is 17.2 Å². The summed E-state index contributed by atoms with van der Waals surface area (Å²) in [7, 11) is 4.11. The van der Waals surface area contributed by atoms with Gasteiger partial charge in [0.2, 0.25) is 0 Å². The average molecular weight is 329 g/mol. The maximum atomic E-state index is 12.6. The lowest BCUT2D eigenvalue weighted by Gasteiger charge is -2.11. The van der Waals surface area contributed by atoms with E-state index in [1.807, 2.05) is 0 Å². The Bertz CT molecular complexity index is 726. The number of alkyl halides is 3. The van der Waals surface area contributed by atoms with Gasteiger partial charge in [0, 0.05) is 19.2 Å². The van der Waals surface area contributed by atoms with Gasteiger partial charge in [-0.2, -0.15) is 18.3 Å². The summed E-state index contributed by atoms with van der Waals surface area (Å²) in [6.45, 7) is 0. The SMILES string of the molecule is COc1ccc(OC)c(NC(=O)c2cc(C(F)(F)F)nn2C)c1. The first-order valence-electron chi connectivity index (χ1n) is 6.41. The maximum absolute atomic E-state index is 12.6. The lowest BCUT2D eigenvalue weighted by molar-refractivity contribution is -0.141. The van der Waals surface area contributed by atoms with E-state index in [1.54, 1.807) is 12.1 Å². The van der Waals surface area contributed by atoms with E-state index in [2.05, 4.69) is 10.4 Å². The van der Waals surface area contributed by atoms with Gasteiger partial charge >= 0.3 is 6.18 Å². The van der Waals surface area contributed by atoms with Crippen molar-refractivity contribution in [3.05, 3.63) is 35.7 Å². The van der Waals surface area contributed by atoms with Gasteiger partial charge < -0.3 is 14.8 Å². The molecule has 1 aromatic heterocycles. The predicted molar refractivity (Wildman–Crippen MR) is 75.7 cm³/mol. The van der Waals surface area contributed by atoms with E-state index >= 15 is 0 Å². The fourth-order valence-corrected chi connectivity index (χ4v) is 1.92. The molecule has 0 unspecified atom stereocenters. The Kier molecular flexibility index (Phi) is 4.48. The van der Waals surface area contributed by atoms with Crippen LogP contribution in [0.5, 0.6) is 11.5 Å². The molecule has 23 heavy (non-hydrogen) atoms. The minimum Gasteiger partial charge on any atom is -0.497 e. The number of rotatable bonds is 4. The number of aryl methyl sites for hydroxylation is 1. The number of ether oxygens (including phenoxy) is 2. The van der Waals surface area contributed by atoms with Crippen molar-refractivity contribution in [3.8, 4) is 11.5 Å². The summed E-state index contributed by atoms with van der Waals surface area (Å²) in [6, 6.07) is 5.37. The predicted octanol–water partition coefficient (Wildman–Crippen LogP) is 2.71. The third-order valence-corrected chi connectivity index (χ3v) is 3.06. The monoisotopic (exact) mass is 329 g/mol. The van der Waals surface area contributed by atoms with Crippen molar-refractivity contribution >= 4 is 11.6 Å². The Morgan fingerprint density at radius 1 is 1.22 bits per heavy atom. The molecule has 0 atom stereocenters. The van der Waals surface area contributed by atoms with Gasteiger partial charge in [-0.3, -0.25) is 9.48 Å². The number of carbonyl (C=O) groups is 1. The molecule has 9 heteroatoms. The van der Waals surface area contributed by atoms with Crippen molar-refractivity contribution in [2.45, 2.75) is 6.18 Å². The van der Waals surface area contributed by atoms with Gasteiger partial charge in [-0.1, -0.05) is 0 Å². The molecule has 2 rings (SSSR count). The number of carbonyl (C=O) groups excluding carboxylic acids is 1. The molecule has 0 fully saturated rings. The van der Waals surface area contributed by atoms with Crippen LogP contribution in [0.4, 0.5) is 18.9 Å². The lowest BCUT2D eigenvalue weighted by Crippen LogP contribution is -2.16. The highest BCUT2D eigenvalue weighted by atomic mass is 19.4. The summed E-state index contributed by atoms with van der Waals surface area (Å²) in [5.41, 5.74) is -1.10. The van der Waals surface area contributed by atoms with Crippen LogP contribution in [0.15, 0.2) is 24.3 Å². The Labute approximate surface area is 129 Å². The number of aromatic nitrogens is 2. The largest absolute Gasteiger partial charge is 0.497 e. The second kappa shape index (κ2) is 6.19. The summed E-state index contributed by atoms with van der Waals surface area (Å²) in [6.07, 6.45) is -4.62. The molecule has 0 spiro atoms. The average Bonchev–Trinajstić information content (AvgIpc) is 2.89. The summed E-state index contributed by atoms with van der Waals surface area (Å²) < 4.78 is 48.9. The summed E-state index contributed by atoms with van der Waals surface area (Å²) in [4.78, 5) is 12.2. The number of methoxy groups -OCH3 is 2. The molecule has 2 aromatic rings. The fraction of sp³-hybridized carbons (Fsp3) is 0.286. The molecule has 0 aliphatic heterocycles. The van der Waals surface area contributed by atoms with Gasteiger partial charge in [-0.15, -0.1) is 0 Å². The van der Waals surface area contributed by atoms with E-state index < -0.39 is 17.8 Å². The van der Waals surface area contributed by atoms with Crippen LogP contribution in [0.1, 0.15) is 16.2 Å². The van der Waals surface area contributed by atoms with Gasteiger partial charge in [-0.25, -0.2) is 0 Å². The Morgan fingerprint density at radius 3 is 2.43 bits per heavy atom. The molecular formula is C14H14F3N3O3. The minimum atomic E-state index is -4.62. The smallest absolute Gasteiger partial charge is 0.435 e. The normalized spacial score (nSPS) is 11.2. The van der Waals surface area contributed by atoms with Crippen LogP contribution in [0.2, 0.25) is 0 Å². The quantitative estimate of drug-likeness (QED) is 0.937. The standard InChI is InChI=1S/C14H14F3N3O3/c1-20-10(7-12(19-20)14(15,16)17)13(21)18-9-6-8(22-2)4-5-11(9)23-3/h4-7H,1-3H3,(H,18,21). The molecule has 0 saturated carbocycles. The highest BCUT2D eigenvalue weighted by Crippen LogP contribution is 2.31. The van der Waals surface area contributed by atoms with Crippen LogP contribution in [0.25, 0.3) is 0 Å². The van der Waals surface area contributed by atoms with Gasteiger partial charge in [0.05, 0.1) is 19.9 Å². The molecule has 1 heterocycles. The molecule has 124 valence electrons. The van der Waals surface area contributed by atoms with Crippen molar-refractivity contribution in [1.82, 2.24) is 9.78 Å². The highest BCUT2D eigenvalue weighted by Gasteiger charge is 2.35. The Hall–Kier alpha value is -2.71. The zero-order valence-corrected chi connectivity index (χ0v) is 12.6. The number of nitrogens with zero attached hydrogens (tertiary/aromatic N) is 2. The minimum absolute atomic E-state index is 0.234. The number of halogens is 3. The summed E-state index contributed by atoms with van der Waals surface area (Å²) >= 11 is 0. The highest BCUT2D eigenvalue weighted by molar-refractivity contribution is 6.04. The van der Waals surface area contributed by atoms with Crippen molar-refractivity contribution in [2.24, 2.45) is 7.05 Å². The number of hydrogen-bond acceptors (Lipinski definition) is 4.